The molecule has 2 spiro atoms. The number of fused-ring (bicyclic) bond motifs is 6. The lowest BCUT2D eigenvalue weighted by Gasteiger charge is -2.60. The molecule has 0 aromatic rings. The number of esters is 1. The number of epoxide rings is 1. The van der Waals surface area contributed by atoms with E-state index in [1.165, 1.54) is 6.08 Å². The molecule has 6 fully saturated rings. The summed E-state index contributed by atoms with van der Waals surface area (Å²) in [6.07, 6.45) is 3.37. The lowest BCUT2D eigenvalue weighted by molar-refractivity contribution is -0.368. The number of ether oxygens (including phenoxy) is 3. The normalized spacial score (nSPS) is 64.8. The van der Waals surface area contributed by atoms with E-state index in [2.05, 4.69) is 6.92 Å². The Labute approximate surface area is 211 Å². The van der Waals surface area contributed by atoms with Crippen molar-refractivity contribution in [3.05, 3.63) is 12.2 Å². The summed E-state index contributed by atoms with van der Waals surface area (Å²) in [6.45, 7) is 9.47. The van der Waals surface area contributed by atoms with E-state index in [9.17, 15) is 24.9 Å². The third-order valence-electron chi connectivity index (χ3n) is 12.5. The van der Waals surface area contributed by atoms with Gasteiger partial charge in [0.1, 0.15) is 23.4 Å². The zero-order valence-electron chi connectivity index (χ0n) is 21.6. The van der Waals surface area contributed by atoms with Crippen LogP contribution in [0.2, 0.25) is 0 Å². The smallest absolute Gasteiger partial charge is 0.311 e. The van der Waals surface area contributed by atoms with Crippen molar-refractivity contribution in [2.75, 3.05) is 0 Å². The summed E-state index contributed by atoms with van der Waals surface area (Å²) in [4.78, 5) is 25.9. The Bertz CT molecular complexity index is 1090. The summed E-state index contributed by atoms with van der Waals surface area (Å²) in [7, 11) is 0. The van der Waals surface area contributed by atoms with Crippen LogP contribution in [0.1, 0.15) is 60.3 Å². The van der Waals surface area contributed by atoms with Crippen molar-refractivity contribution in [3.8, 4) is 0 Å². The monoisotopic (exact) mass is 502 g/mol. The van der Waals surface area contributed by atoms with Gasteiger partial charge < -0.3 is 29.5 Å². The van der Waals surface area contributed by atoms with Crippen LogP contribution in [0.15, 0.2) is 12.2 Å². The Morgan fingerprint density at radius 3 is 2.42 bits per heavy atom. The van der Waals surface area contributed by atoms with Gasteiger partial charge in [-0.25, -0.2) is 0 Å². The molecule has 0 aromatic carbocycles. The van der Waals surface area contributed by atoms with Crippen LogP contribution in [0.3, 0.4) is 0 Å². The molecule has 8 nitrogen and oxygen atoms in total. The molecule has 0 aromatic heterocycles. The highest BCUT2D eigenvalue weighted by Crippen LogP contribution is 2.74. The molecule has 36 heavy (non-hydrogen) atoms. The minimum Gasteiger partial charge on any atom is -0.429 e. The van der Waals surface area contributed by atoms with Crippen LogP contribution >= 0.6 is 0 Å². The maximum atomic E-state index is 13.4. The molecule has 7 aliphatic rings. The number of ketones is 1. The van der Waals surface area contributed by atoms with Crippen LogP contribution in [-0.4, -0.2) is 68.5 Å². The molecule has 3 saturated heterocycles. The van der Waals surface area contributed by atoms with Crippen molar-refractivity contribution in [2.24, 2.45) is 46.3 Å². The standard InChI is InChI=1S/C28H38O8/c1-12-13(2)28(36-22(12)31)23(32)26(5,33)21-17(34-28)11-16-14-10-20-27(35-20)19(30)7-6-18(29)25(27,4)15(14)8-9-24(16,21)3/h6-7,12-17,19-21,23,30,32-33H,8-11H2,1-5H3. The van der Waals surface area contributed by atoms with Gasteiger partial charge in [-0.05, 0) is 74.9 Å². The van der Waals surface area contributed by atoms with Gasteiger partial charge in [0, 0.05) is 11.8 Å². The van der Waals surface area contributed by atoms with Gasteiger partial charge >= 0.3 is 5.97 Å². The molecule has 15 unspecified atom stereocenters. The van der Waals surface area contributed by atoms with Gasteiger partial charge in [0.2, 0.25) is 5.79 Å². The van der Waals surface area contributed by atoms with Crippen LogP contribution in [0.5, 0.6) is 0 Å². The van der Waals surface area contributed by atoms with Crippen LogP contribution in [0.25, 0.3) is 0 Å². The summed E-state index contributed by atoms with van der Waals surface area (Å²) < 4.78 is 18.5. The Hall–Kier alpha value is -1.32. The maximum absolute atomic E-state index is 13.4. The van der Waals surface area contributed by atoms with Gasteiger partial charge in [0.05, 0.1) is 23.5 Å². The quantitative estimate of drug-likeness (QED) is 0.338. The second kappa shape index (κ2) is 6.63. The predicted molar refractivity (Wildman–Crippen MR) is 125 cm³/mol. The van der Waals surface area contributed by atoms with Gasteiger partial charge in [-0.1, -0.05) is 20.8 Å². The van der Waals surface area contributed by atoms with E-state index in [1.807, 2.05) is 13.8 Å². The van der Waals surface area contributed by atoms with Gasteiger partial charge in [-0.15, -0.1) is 0 Å². The first-order chi connectivity index (χ1) is 16.8. The lowest BCUT2D eigenvalue weighted by Crippen LogP contribution is -2.71. The molecule has 3 heterocycles. The minimum atomic E-state index is -1.56. The van der Waals surface area contributed by atoms with E-state index in [1.54, 1.807) is 19.9 Å². The Morgan fingerprint density at radius 2 is 1.75 bits per heavy atom. The fraction of sp³-hybridized carbons (Fsp3) is 0.857. The molecule has 4 aliphatic carbocycles. The molecule has 15 atom stereocenters. The molecule has 3 aliphatic heterocycles. The largest absolute Gasteiger partial charge is 0.429 e. The number of hydrogen-bond acceptors (Lipinski definition) is 8. The van der Waals surface area contributed by atoms with E-state index < -0.39 is 52.4 Å². The van der Waals surface area contributed by atoms with E-state index in [4.69, 9.17) is 14.2 Å². The summed E-state index contributed by atoms with van der Waals surface area (Å²) in [5.41, 5.74) is -3.47. The molecule has 0 amide bonds. The van der Waals surface area contributed by atoms with Crippen molar-refractivity contribution in [1.82, 2.24) is 0 Å². The van der Waals surface area contributed by atoms with Crippen molar-refractivity contribution in [1.29, 1.82) is 0 Å². The van der Waals surface area contributed by atoms with Crippen molar-refractivity contribution < 1.29 is 39.1 Å². The van der Waals surface area contributed by atoms with Gasteiger partial charge in [0.15, 0.2) is 5.78 Å². The topological polar surface area (TPSA) is 126 Å². The number of aliphatic hydroxyl groups excluding tert-OH is 2. The molecule has 0 radical (unpaired) electrons. The Morgan fingerprint density at radius 1 is 1.03 bits per heavy atom. The van der Waals surface area contributed by atoms with Crippen molar-refractivity contribution in [2.45, 2.75) is 102 Å². The number of rotatable bonds is 0. The van der Waals surface area contributed by atoms with Gasteiger partial charge in [0.25, 0.3) is 0 Å². The second-order valence-corrected chi connectivity index (χ2v) is 13.6. The third kappa shape index (κ3) is 2.29. The summed E-state index contributed by atoms with van der Waals surface area (Å²) in [5, 5.41) is 34.4. The van der Waals surface area contributed by atoms with Crippen molar-refractivity contribution in [3.63, 3.8) is 0 Å². The van der Waals surface area contributed by atoms with E-state index in [0.717, 1.165) is 19.3 Å². The van der Waals surface area contributed by atoms with Gasteiger partial charge in [-0.3, -0.25) is 9.59 Å². The number of carbonyl (C=O) groups excluding carboxylic acids is 2. The van der Waals surface area contributed by atoms with Crippen molar-refractivity contribution >= 4 is 11.8 Å². The number of aliphatic hydroxyl groups is 3. The maximum Gasteiger partial charge on any atom is 0.311 e. The summed E-state index contributed by atoms with van der Waals surface area (Å²) in [5.74, 6) is -2.78. The second-order valence-electron chi connectivity index (χ2n) is 13.6. The molecule has 3 saturated carbocycles. The SMILES string of the molecule is CC1C(=O)OC2(OC3CC4C5CC6OC67C(O)C=CC(=O)C7(C)C5CCC4(C)C3C(C)(O)C2O)C1C. The Balaban J connectivity index is 1.28. The highest BCUT2D eigenvalue weighted by atomic mass is 16.7. The van der Waals surface area contributed by atoms with Gasteiger partial charge in [-0.2, -0.15) is 0 Å². The fourth-order valence-corrected chi connectivity index (χ4v) is 10.5. The zero-order chi connectivity index (χ0) is 25.8. The summed E-state index contributed by atoms with van der Waals surface area (Å²) in [6, 6.07) is 0. The number of allylic oxidation sites excluding steroid dienone is 1. The summed E-state index contributed by atoms with van der Waals surface area (Å²) >= 11 is 0. The van der Waals surface area contributed by atoms with Crippen LogP contribution in [0.4, 0.5) is 0 Å². The molecule has 7 rings (SSSR count). The van der Waals surface area contributed by atoms with Crippen LogP contribution in [0, 0.1) is 46.3 Å². The molecule has 198 valence electrons. The molecular weight excluding hydrogens is 464 g/mol. The predicted octanol–water partition coefficient (Wildman–Crippen LogP) is 1.74. The van der Waals surface area contributed by atoms with E-state index >= 15 is 0 Å². The highest BCUT2D eigenvalue weighted by Gasteiger charge is 2.82. The van der Waals surface area contributed by atoms with E-state index in [-0.39, 0.29) is 47.1 Å². The number of hydrogen-bond donors (Lipinski definition) is 3. The molecular formula is C28H38O8. The third-order valence-corrected chi connectivity index (χ3v) is 12.5. The number of carbonyl (C=O) groups is 2. The average Bonchev–Trinajstić information content (AvgIpc) is 3.42. The van der Waals surface area contributed by atoms with Crippen LogP contribution < -0.4 is 0 Å². The Kier molecular flexibility index (Phi) is 4.38. The van der Waals surface area contributed by atoms with Crippen LogP contribution in [-0.2, 0) is 23.8 Å². The first-order valence-corrected chi connectivity index (χ1v) is 13.7. The molecule has 0 bridgehead atoms. The zero-order valence-corrected chi connectivity index (χ0v) is 21.6. The van der Waals surface area contributed by atoms with E-state index in [0.29, 0.717) is 6.42 Å². The fourth-order valence-electron chi connectivity index (χ4n) is 10.5. The first-order valence-electron chi connectivity index (χ1n) is 13.7. The lowest BCUT2D eigenvalue weighted by atomic mass is 9.44. The first kappa shape index (κ1) is 23.8. The average molecular weight is 503 g/mol. The molecule has 3 N–H and O–H groups in total. The highest BCUT2D eigenvalue weighted by molar-refractivity contribution is 5.98. The minimum absolute atomic E-state index is 0.0299. The molecule has 8 heteroatoms.